The summed E-state index contributed by atoms with van der Waals surface area (Å²) in [6.45, 7) is 4.18. The van der Waals surface area contributed by atoms with Gasteiger partial charge in [-0.25, -0.2) is 0 Å². The second-order valence-corrected chi connectivity index (χ2v) is 5.74. The minimum Gasteiger partial charge on any atom is -0.392 e. The van der Waals surface area contributed by atoms with Crippen molar-refractivity contribution < 1.29 is 5.11 Å². The molecule has 2 fully saturated rings. The molecule has 0 aromatic heterocycles. The molecule has 0 spiro atoms. The van der Waals surface area contributed by atoms with E-state index in [1.807, 2.05) is 0 Å². The first-order chi connectivity index (χ1) is 7.66. The minimum absolute atomic E-state index is 0.122. The van der Waals surface area contributed by atoms with Gasteiger partial charge in [0, 0.05) is 25.2 Å². The van der Waals surface area contributed by atoms with Gasteiger partial charge in [0.15, 0.2) is 0 Å². The third kappa shape index (κ3) is 2.96. The molecule has 0 aromatic rings. The maximum Gasteiger partial charge on any atom is 0.0692 e. The number of aliphatic hydroxyl groups is 1. The molecule has 3 nitrogen and oxygen atoms in total. The van der Waals surface area contributed by atoms with Crippen molar-refractivity contribution in [3.05, 3.63) is 0 Å². The quantitative estimate of drug-likeness (QED) is 0.756. The average molecular weight is 226 g/mol. The van der Waals surface area contributed by atoms with E-state index in [0.717, 1.165) is 13.1 Å². The van der Waals surface area contributed by atoms with Crippen molar-refractivity contribution in [2.45, 2.75) is 57.2 Å². The van der Waals surface area contributed by atoms with E-state index >= 15 is 0 Å². The molecule has 16 heavy (non-hydrogen) atoms. The van der Waals surface area contributed by atoms with Crippen molar-refractivity contribution >= 4 is 0 Å². The SMILES string of the molecule is CC1CC(NCC(O)C2CCCC2)CN1C. The topological polar surface area (TPSA) is 35.5 Å². The molecular weight excluding hydrogens is 200 g/mol. The van der Waals surface area contributed by atoms with Crippen LogP contribution in [0.3, 0.4) is 0 Å². The molecule has 3 atom stereocenters. The van der Waals surface area contributed by atoms with Crippen molar-refractivity contribution in [2.24, 2.45) is 5.92 Å². The Morgan fingerprint density at radius 1 is 1.38 bits per heavy atom. The molecule has 94 valence electrons. The van der Waals surface area contributed by atoms with Gasteiger partial charge in [0.1, 0.15) is 0 Å². The first kappa shape index (κ1) is 12.3. The first-order valence-corrected chi connectivity index (χ1v) is 6.78. The Morgan fingerprint density at radius 2 is 2.06 bits per heavy atom. The van der Waals surface area contributed by atoms with E-state index in [9.17, 15) is 5.11 Å². The molecule has 1 heterocycles. The second kappa shape index (κ2) is 5.48. The molecular formula is C13H26N2O. The van der Waals surface area contributed by atoms with Gasteiger partial charge >= 0.3 is 0 Å². The summed E-state index contributed by atoms with van der Waals surface area (Å²) in [4.78, 5) is 2.39. The highest BCUT2D eigenvalue weighted by Crippen LogP contribution is 2.27. The summed E-state index contributed by atoms with van der Waals surface area (Å²) in [5, 5.41) is 13.6. The number of hydrogen-bond acceptors (Lipinski definition) is 3. The van der Waals surface area contributed by atoms with Crippen molar-refractivity contribution in [1.29, 1.82) is 0 Å². The van der Waals surface area contributed by atoms with E-state index in [2.05, 4.69) is 24.2 Å². The molecule has 2 rings (SSSR count). The zero-order valence-electron chi connectivity index (χ0n) is 10.7. The van der Waals surface area contributed by atoms with Gasteiger partial charge in [0.25, 0.3) is 0 Å². The lowest BCUT2D eigenvalue weighted by Crippen LogP contribution is -2.39. The summed E-state index contributed by atoms with van der Waals surface area (Å²) >= 11 is 0. The van der Waals surface area contributed by atoms with Crippen LogP contribution in [0.4, 0.5) is 0 Å². The Kier molecular flexibility index (Phi) is 4.22. The van der Waals surface area contributed by atoms with E-state index in [1.54, 1.807) is 0 Å². The lowest BCUT2D eigenvalue weighted by atomic mass is 10.0. The predicted molar refractivity (Wildman–Crippen MR) is 66.5 cm³/mol. The van der Waals surface area contributed by atoms with Gasteiger partial charge in [-0.3, -0.25) is 0 Å². The smallest absolute Gasteiger partial charge is 0.0692 e. The van der Waals surface area contributed by atoms with E-state index in [-0.39, 0.29) is 6.10 Å². The van der Waals surface area contributed by atoms with Crippen LogP contribution in [0.1, 0.15) is 39.0 Å². The van der Waals surface area contributed by atoms with Gasteiger partial charge in [-0.15, -0.1) is 0 Å². The maximum absolute atomic E-state index is 10.1. The summed E-state index contributed by atoms with van der Waals surface area (Å²) in [6.07, 6.45) is 6.17. The van der Waals surface area contributed by atoms with Crippen LogP contribution in [0.15, 0.2) is 0 Å². The molecule has 0 amide bonds. The van der Waals surface area contributed by atoms with Gasteiger partial charge < -0.3 is 15.3 Å². The summed E-state index contributed by atoms with van der Waals surface area (Å²) in [5.41, 5.74) is 0. The Hall–Kier alpha value is -0.120. The van der Waals surface area contributed by atoms with Gasteiger partial charge in [0.2, 0.25) is 0 Å². The Bertz CT molecular complexity index is 204. The third-order valence-electron chi connectivity index (χ3n) is 4.45. The fourth-order valence-electron chi connectivity index (χ4n) is 3.14. The summed E-state index contributed by atoms with van der Waals surface area (Å²) < 4.78 is 0. The van der Waals surface area contributed by atoms with Crippen LogP contribution >= 0.6 is 0 Å². The van der Waals surface area contributed by atoms with E-state index < -0.39 is 0 Å². The minimum atomic E-state index is -0.122. The molecule has 3 unspecified atom stereocenters. The van der Waals surface area contributed by atoms with Crippen molar-refractivity contribution in [3.63, 3.8) is 0 Å². The van der Waals surface area contributed by atoms with Crippen LogP contribution in [0.5, 0.6) is 0 Å². The summed E-state index contributed by atoms with van der Waals surface area (Å²) in [6, 6.07) is 1.26. The van der Waals surface area contributed by atoms with Crippen molar-refractivity contribution in [3.8, 4) is 0 Å². The van der Waals surface area contributed by atoms with Crippen molar-refractivity contribution in [2.75, 3.05) is 20.1 Å². The predicted octanol–water partition coefficient (Wildman–Crippen LogP) is 1.22. The number of likely N-dealkylation sites (N-methyl/N-ethyl adjacent to an activating group) is 1. The summed E-state index contributed by atoms with van der Waals surface area (Å²) in [5.74, 6) is 0.559. The maximum atomic E-state index is 10.1. The van der Waals surface area contributed by atoms with Crippen LogP contribution < -0.4 is 5.32 Å². The molecule has 2 aliphatic rings. The number of hydrogen-bond donors (Lipinski definition) is 2. The van der Waals surface area contributed by atoms with Crippen LogP contribution in [-0.4, -0.2) is 48.3 Å². The van der Waals surface area contributed by atoms with Crippen LogP contribution in [-0.2, 0) is 0 Å². The standard InChI is InChI=1S/C13H26N2O/c1-10-7-12(9-15(10)2)14-8-13(16)11-5-3-4-6-11/h10-14,16H,3-9H2,1-2H3. The highest BCUT2D eigenvalue weighted by Gasteiger charge is 2.28. The summed E-state index contributed by atoms with van der Waals surface area (Å²) in [7, 11) is 2.18. The Morgan fingerprint density at radius 3 is 2.62 bits per heavy atom. The van der Waals surface area contributed by atoms with E-state index in [4.69, 9.17) is 0 Å². The fourth-order valence-corrected chi connectivity index (χ4v) is 3.14. The number of likely N-dealkylation sites (tertiary alicyclic amines) is 1. The molecule has 1 saturated carbocycles. The normalized spacial score (nSPS) is 34.7. The van der Waals surface area contributed by atoms with Gasteiger partial charge in [-0.05, 0) is 39.2 Å². The Labute approximate surface area is 99.2 Å². The highest BCUT2D eigenvalue weighted by atomic mass is 16.3. The Balaban J connectivity index is 1.67. The first-order valence-electron chi connectivity index (χ1n) is 6.78. The molecule has 2 N–H and O–H groups in total. The monoisotopic (exact) mass is 226 g/mol. The third-order valence-corrected chi connectivity index (χ3v) is 4.45. The lowest BCUT2D eigenvalue weighted by molar-refractivity contribution is 0.106. The molecule has 0 radical (unpaired) electrons. The second-order valence-electron chi connectivity index (χ2n) is 5.74. The van der Waals surface area contributed by atoms with Gasteiger partial charge in [-0.2, -0.15) is 0 Å². The number of nitrogens with zero attached hydrogens (tertiary/aromatic N) is 1. The molecule has 0 bridgehead atoms. The van der Waals surface area contributed by atoms with Crippen LogP contribution in [0, 0.1) is 5.92 Å². The number of nitrogens with one attached hydrogen (secondary N) is 1. The van der Waals surface area contributed by atoms with Crippen LogP contribution in [0.2, 0.25) is 0 Å². The number of rotatable bonds is 4. The molecule has 0 aromatic carbocycles. The largest absolute Gasteiger partial charge is 0.392 e. The zero-order valence-corrected chi connectivity index (χ0v) is 10.7. The van der Waals surface area contributed by atoms with E-state index in [1.165, 1.54) is 32.1 Å². The zero-order chi connectivity index (χ0) is 11.5. The fraction of sp³-hybridized carbons (Fsp3) is 1.00. The van der Waals surface area contributed by atoms with Crippen molar-refractivity contribution in [1.82, 2.24) is 10.2 Å². The molecule has 1 aliphatic carbocycles. The highest BCUT2D eigenvalue weighted by molar-refractivity contribution is 4.86. The van der Waals surface area contributed by atoms with Gasteiger partial charge in [-0.1, -0.05) is 12.8 Å². The number of aliphatic hydroxyl groups excluding tert-OH is 1. The van der Waals surface area contributed by atoms with Crippen LogP contribution in [0.25, 0.3) is 0 Å². The molecule has 1 saturated heterocycles. The lowest BCUT2D eigenvalue weighted by Gasteiger charge is -2.20. The van der Waals surface area contributed by atoms with Gasteiger partial charge in [0.05, 0.1) is 6.10 Å². The average Bonchev–Trinajstić information content (AvgIpc) is 2.86. The molecule has 3 heteroatoms. The van der Waals surface area contributed by atoms with E-state index in [0.29, 0.717) is 18.0 Å². The molecule has 1 aliphatic heterocycles.